The van der Waals surface area contributed by atoms with Crippen molar-refractivity contribution in [1.29, 1.82) is 0 Å². The Bertz CT molecular complexity index is 433. The Kier molecular flexibility index (Phi) is 8.51. The maximum atomic E-state index is 11.8. The molecule has 3 N–H and O–H groups in total. The highest BCUT2D eigenvalue weighted by molar-refractivity contribution is 5.91. The van der Waals surface area contributed by atoms with Gasteiger partial charge in [-0.05, 0) is 37.1 Å². The molecular weight excluding hydrogens is 264 g/mol. The van der Waals surface area contributed by atoms with Crippen LogP contribution in [0.4, 0.5) is 11.4 Å². The number of anilines is 2. The van der Waals surface area contributed by atoms with Crippen LogP contribution in [0.1, 0.15) is 51.0 Å². The molecule has 1 aromatic carbocycles. The Balaban J connectivity index is 2.11. The standard InChI is InChI=1S/C17H28N2O2/c1-3-4-5-6-7-11-21-12-10-17(20)19-16-9-8-15(18)13-14(16)2/h8-9,13H,3-7,10-12,18H2,1-2H3,(H,19,20). The van der Waals surface area contributed by atoms with Crippen molar-refractivity contribution in [2.75, 3.05) is 24.3 Å². The third kappa shape index (κ3) is 7.71. The largest absolute Gasteiger partial charge is 0.399 e. The average molecular weight is 292 g/mol. The number of amides is 1. The lowest BCUT2D eigenvalue weighted by atomic mass is 10.2. The Hall–Kier alpha value is -1.55. The summed E-state index contributed by atoms with van der Waals surface area (Å²) in [6.07, 6.45) is 6.51. The second kappa shape index (κ2) is 10.2. The number of nitrogen functional groups attached to an aromatic ring is 1. The van der Waals surface area contributed by atoms with Crippen molar-refractivity contribution in [3.63, 3.8) is 0 Å². The van der Waals surface area contributed by atoms with Crippen molar-refractivity contribution in [3.05, 3.63) is 23.8 Å². The van der Waals surface area contributed by atoms with Crippen LogP contribution in [0.15, 0.2) is 18.2 Å². The van der Waals surface area contributed by atoms with E-state index in [2.05, 4.69) is 12.2 Å². The molecule has 118 valence electrons. The molecule has 4 nitrogen and oxygen atoms in total. The van der Waals surface area contributed by atoms with E-state index in [1.54, 1.807) is 6.07 Å². The van der Waals surface area contributed by atoms with Gasteiger partial charge in [-0.15, -0.1) is 0 Å². The molecule has 0 radical (unpaired) electrons. The van der Waals surface area contributed by atoms with Crippen LogP contribution >= 0.6 is 0 Å². The van der Waals surface area contributed by atoms with Gasteiger partial charge in [0.05, 0.1) is 13.0 Å². The molecule has 0 aromatic heterocycles. The van der Waals surface area contributed by atoms with Crippen LogP contribution in [0.25, 0.3) is 0 Å². The average Bonchev–Trinajstić information content (AvgIpc) is 2.45. The summed E-state index contributed by atoms with van der Waals surface area (Å²) in [7, 11) is 0. The summed E-state index contributed by atoms with van der Waals surface area (Å²) in [5.74, 6) is -0.0196. The van der Waals surface area contributed by atoms with Crippen molar-refractivity contribution in [1.82, 2.24) is 0 Å². The lowest BCUT2D eigenvalue weighted by molar-refractivity contribution is -0.117. The summed E-state index contributed by atoms with van der Waals surface area (Å²) < 4.78 is 5.49. The first kappa shape index (κ1) is 17.5. The number of unbranched alkanes of at least 4 members (excludes halogenated alkanes) is 4. The molecular formula is C17H28N2O2. The molecule has 0 aliphatic rings. The van der Waals surface area contributed by atoms with Gasteiger partial charge in [0.2, 0.25) is 5.91 Å². The molecule has 4 heteroatoms. The predicted molar refractivity (Wildman–Crippen MR) is 88.4 cm³/mol. The van der Waals surface area contributed by atoms with E-state index in [1.807, 2.05) is 19.1 Å². The normalized spacial score (nSPS) is 10.6. The molecule has 0 heterocycles. The van der Waals surface area contributed by atoms with Gasteiger partial charge in [0.25, 0.3) is 0 Å². The number of ether oxygens (including phenoxy) is 1. The molecule has 0 atom stereocenters. The monoisotopic (exact) mass is 292 g/mol. The minimum atomic E-state index is -0.0196. The quantitative estimate of drug-likeness (QED) is 0.508. The lowest BCUT2D eigenvalue weighted by Gasteiger charge is -2.09. The molecule has 0 spiro atoms. The number of carbonyl (C=O) groups is 1. The Morgan fingerprint density at radius 3 is 2.67 bits per heavy atom. The minimum Gasteiger partial charge on any atom is -0.399 e. The van der Waals surface area contributed by atoms with E-state index in [-0.39, 0.29) is 5.91 Å². The maximum absolute atomic E-state index is 11.8. The smallest absolute Gasteiger partial charge is 0.226 e. The van der Waals surface area contributed by atoms with Gasteiger partial charge in [0.1, 0.15) is 0 Å². The highest BCUT2D eigenvalue weighted by Gasteiger charge is 2.05. The highest BCUT2D eigenvalue weighted by Crippen LogP contribution is 2.17. The SMILES string of the molecule is CCCCCCCOCCC(=O)Nc1ccc(N)cc1C. The van der Waals surface area contributed by atoms with Crippen molar-refractivity contribution in [2.45, 2.75) is 52.4 Å². The summed E-state index contributed by atoms with van der Waals surface area (Å²) in [4.78, 5) is 11.8. The second-order valence-corrected chi connectivity index (χ2v) is 5.40. The molecule has 1 aromatic rings. The Labute approximate surface area is 128 Å². The first-order chi connectivity index (χ1) is 10.1. The predicted octanol–water partition coefficient (Wildman–Crippen LogP) is 3.89. The van der Waals surface area contributed by atoms with Gasteiger partial charge in [0.15, 0.2) is 0 Å². The number of benzene rings is 1. The minimum absolute atomic E-state index is 0.0196. The molecule has 0 saturated heterocycles. The number of nitrogens with two attached hydrogens (primary N) is 1. The van der Waals surface area contributed by atoms with E-state index >= 15 is 0 Å². The van der Waals surface area contributed by atoms with E-state index in [9.17, 15) is 4.79 Å². The molecule has 1 rings (SSSR count). The van der Waals surface area contributed by atoms with Gasteiger partial charge in [-0.2, -0.15) is 0 Å². The Morgan fingerprint density at radius 2 is 1.95 bits per heavy atom. The molecule has 0 aliphatic heterocycles. The molecule has 0 unspecified atom stereocenters. The van der Waals surface area contributed by atoms with Crippen molar-refractivity contribution in [2.24, 2.45) is 0 Å². The maximum Gasteiger partial charge on any atom is 0.226 e. The van der Waals surface area contributed by atoms with Gasteiger partial charge in [0, 0.05) is 18.0 Å². The number of nitrogens with one attached hydrogen (secondary N) is 1. The fraction of sp³-hybridized carbons (Fsp3) is 0.588. The Morgan fingerprint density at radius 1 is 1.19 bits per heavy atom. The molecule has 0 fully saturated rings. The molecule has 0 bridgehead atoms. The zero-order valence-corrected chi connectivity index (χ0v) is 13.3. The topological polar surface area (TPSA) is 64.3 Å². The van der Waals surface area contributed by atoms with Gasteiger partial charge >= 0.3 is 0 Å². The highest BCUT2D eigenvalue weighted by atomic mass is 16.5. The second-order valence-electron chi connectivity index (χ2n) is 5.40. The first-order valence-corrected chi connectivity index (χ1v) is 7.87. The van der Waals surface area contributed by atoms with Crippen LogP contribution in [-0.4, -0.2) is 19.1 Å². The number of aryl methyl sites for hydroxylation is 1. The molecule has 1 amide bonds. The van der Waals surface area contributed by atoms with Gasteiger partial charge in [-0.25, -0.2) is 0 Å². The summed E-state index contributed by atoms with van der Waals surface area (Å²) in [6.45, 7) is 5.36. The molecule has 0 saturated carbocycles. The van der Waals surface area contributed by atoms with E-state index in [0.717, 1.165) is 24.3 Å². The number of hydrogen-bond acceptors (Lipinski definition) is 3. The zero-order valence-electron chi connectivity index (χ0n) is 13.3. The fourth-order valence-electron chi connectivity index (χ4n) is 2.11. The summed E-state index contributed by atoms with van der Waals surface area (Å²) in [6, 6.07) is 5.47. The summed E-state index contributed by atoms with van der Waals surface area (Å²) in [5, 5.41) is 2.88. The molecule has 0 aliphatic carbocycles. The van der Waals surface area contributed by atoms with E-state index in [0.29, 0.717) is 18.7 Å². The van der Waals surface area contributed by atoms with Crippen LogP contribution in [0.3, 0.4) is 0 Å². The third-order valence-electron chi connectivity index (χ3n) is 3.39. The van der Waals surface area contributed by atoms with Crippen LogP contribution in [0.2, 0.25) is 0 Å². The van der Waals surface area contributed by atoms with Crippen molar-refractivity contribution < 1.29 is 9.53 Å². The third-order valence-corrected chi connectivity index (χ3v) is 3.39. The van der Waals surface area contributed by atoms with Gasteiger partial charge in [-0.3, -0.25) is 4.79 Å². The zero-order chi connectivity index (χ0) is 15.5. The summed E-state index contributed by atoms with van der Waals surface area (Å²) >= 11 is 0. The van der Waals surface area contributed by atoms with E-state index in [1.165, 1.54) is 25.7 Å². The fourth-order valence-corrected chi connectivity index (χ4v) is 2.11. The van der Waals surface area contributed by atoms with Crippen LogP contribution in [-0.2, 0) is 9.53 Å². The van der Waals surface area contributed by atoms with E-state index < -0.39 is 0 Å². The first-order valence-electron chi connectivity index (χ1n) is 7.87. The van der Waals surface area contributed by atoms with Crippen LogP contribution < -0.4 is 11.1 Å². The van der Waals surface area contributed by atoms with Crippen LogP contribution in [0.5, 0.6) is 0 Å². The summed E-state index contributed by atoms with van der Waals surface area (Å²) in [5.41, 5.74) is 8.17. The van der Waals surface area contributed by atoms with Crippen LogP contribution in [0, 0.1) is 6.92 Å². The number of rotatable bonds is 10. The molecule has 21 heavy (non-hydrogen) atoms. The van der Waals surface area contributed by atoms with Crippen molar-refractivity contribution in [3.8, 4) is 0 Å². The van der Waals surface area contributed by atoms with Gasteiger partial charge < -0.3 is 15.8 Å². The number of hydrogen-bond donors (Lipinski definition) is 2. The van der Waals surface area contributed by atoms with Gasteiger partial charge in [-0.1, -0.05) is 32.6 Å². The lowest BCUT2D eigenvalue weighted by Crippen LogP contribution is -2.15. The number of carbonyl (C=O) groups excluding carboxylic acids is 1. The van der Waals surface area contributed by atoms with E-state index in [4.69, 9.17) is 10.5 Å². The van der Waals surface area contributed by atoms with Crippen molar-refractivity contribution >= 4 is 17.3 Å².